The zero-order valence-corrected chi connectivity index (χ0v) is 26.2. The SMILES string of the molecule is CC(C)(C)c1cn([C@@H]2CCN3C(=O)CC4(CCN(C5CCC(F)(F)CC5)CC4)NC(=O)COCCOCCNC(=O)[C@H]23)nn1. The molecule has 2 atom stereocenters. The van der Waals surface area contributed by atoms with Crippen molar-refractivity contribution in [3.8, 4) is 0 Å². The Labute approximate surface area is 257 Å². The van der Waals surface area contributed by atoms with Crippen LogP contribution in [0.5, 0.6) is 0 Å². The van der Waals surface area contributed by atoms with Gasteiger partial charge in [-0.25, -0.2) is 13.5 Å². The monoisotopic (exact) mass is 623 g/mol. The fourth-order valence-corrected chi connectivity index (χ4v) is 6.94. The van der Waals surface area contributed by atoms with Gasteiger partial charge in [0.2, 0.25) is 23.6 Å². The van der Waals surface area contributed by atoms with Crippen molar-refractivity contribution in [2.75, 3.05) is 52.6 Å². The number of amides is 3. The molecular weight excluding hydrogens is 576 g/mol. The van der Waals surface area contributed by atoms with Crippen LogP contribution in [0.15, 0.2) is 6.20 Å². The van der Waals surface area contributed by atoms with E-state index >= 15 is 0 Å². The lowest BCUT2D eigenvalue weighted by molar-refractivity contribution is -0.142. The number of halogens is 2. The third kappa shape index (κ3) is 7.74. The van der Waals surface area contributed by atoms with Crippen LogP contribution in [-0.2, 0) is 29.3 Å². The topological polar surface area (TPSA) is 131 Å². The van der Waals surface area contributed by atoms with Gasteiger partial charge >= 0.3 is 0 Å². The Morgan fingerprint density at radius 3 is 2.34 bits per heavy atom. The van der Waals surface area contributed by atoms with E-state index in [-0.39, 0.29) is 81.4 Å². The highest BCUT2D eigenvalue weighted by atomic mass is 19.3. The zero-order chi connectivity index (χ0) is 31.5. The molecule has 14 heteroatoms. The summed E-state index contributed by atoms with van der Waals surface area (Å²) in [5, 5.41) is 14.7. The number of nitrogens with zero attached hydrogens (tertiary/aromatic N) is 5. The average molecular weight is 624 g/mol. The molecule has 0 radical (unpaired) electrons. The van der Waals surface area contributed by atoms with Crippen molar-refractivity contribution in [3.63, 3.8) is 0 Å². The number of aromatic nitrogens is 3. The minimum absolute atomic E-state index is 0.0273. The molecule has 0 bridgehead atoms. The molecule has 12 nitrogen and oxygen atoms in total. The molecule has 5 rings (SSSR count). The minimum atomic E-state index is -2.60. The van der Waals surface area contributed by atoms with E-state index in [1.165, 1.54) is 0 Å². The van der Waals surface area contributed by atoms with E-state index in [1.54, 1.807) is 9.58 Å². The largest absolute Gasteiger partial charge is 0.377 e. The Balaban J connectivity index is 1.35. The van der Waals surface area contributed by atoms with Gasteiger partial charge in [-0.2, -0.15) is 0 Å². The first-order valence-corrected chi connectivity index (χ1v) is 15.9. The number of likely N-dealkylation sites (tertiary alicyclic amines) is 1. The Bertz CT molecular complexity index is 1170. The van der Waals surface area contributed by atoms with E-state index < -0.39 is 23.5 Å². The number of piperidine rings is 1. The first-order chi connectivity index (χ1) is 20.9. The van der Waals surface area contributed by atoms with Gasteiger partial charge in [0.1, 0.15) is 12.6 Å². The van der Waals surface area contributed by atoms with Crippen molar-refractivity contribution in [3.05, 3.63) is 11.9 Å². The van der Waals surface area contributed by atoms with Crippen LogP contribution in [0.4, 0.5) is 8.78 Å². The summed E-state index contributed by atoms with van der Waals surface area (Å²) in [7, 11) is 0. The molecule has 0 aromatic carbocycles. The summed E-state index contributed by atoms with van der Waals surface area (Å²) in [6, 6.07) is -1.13. The quantitative estimate of drug-likeness (QED) is 0.510. The molecule has 1 aromatic heterocycles. The lowest BCUT2D eigenvalue weighted by Crippen LogP contribution is -2.60. The summed E-state index contributed by atoms with van der Waals surface area (Å²) in [6.45, 7) is 8.51. The van der Waals surface area contributed by atoms with E-state index in [0.717, 1.165) is 5.69 Å². The Kier molecular flexibility index (Phi) is 9.90. The third-order valence-electron chi connectivity index (χ3n) is 9.58. The van der Waals surface area contributed by atoms with Crippen molar-refractivity contribution in [1.82, 2.24) is 35.4 Å². The van der Waals surface area contributed by atoms with Crippen LogP contribution in [0, 0.1) is 0 Å². The molecule has 1 aromatic rings. The minimum Gasteiger partial charge on any atom is -0.377 e. The molecule has 4 fully saturated rings. The highest BCUT2D eigenvalue weighted by Crippen LogP contribution is 2.38. The summed E-state index contributed by atoms with van der Waals surface area (Å²) >= 11 is 0. The molecule has 4 aliphatic rings. The zero-order valence-electron chi connectivity index (χ0n) is 26.2. The van der Waals surface area contributed by atoms with Gasteiger partial charge in [-0.1, -0.05) is 26.0 Å². The second-order valence-electron chi connectivity index (χ2n) is 13.8. The van der Waals surface area contributed by atoms with E-state index in [4.69, 9.17) is 9.47 Å². The predicted molar refractivity (Wildman–Crippen MR) is 156 cm³/mol. The molecule has 2 N–H and O–H groups in total. The lowest BCUT2D eigenvalue weighted by atomic mass is 9.81. The molecule has 3 aliphatic heterocycles. The van der Waals surface area contributed by atoms with Gasteiger partial charge in [-0.3, -0.25) is 14.4 Å². The highest BCUT2D eigenvalue weighted by Gasteiger charge is 2.47. The third-order valence-corrected chi connectivity index (χ3v) is 9.58. The fraction of sp³-hybridized carbons (Fsp3) is 0.833. The molecule has 3 saturated heterocycles. The van der Waals surface area contributed by atoms with Crippen molar-refractivity contribution < 1.29 is 32.6 Å². The number of hydrogen-bond donors (Lipinski definition) is 2. The van der Waals surface area contributed by atoms with Crippen LogP contribution < -0.4 is 10.6 Å². The first-order valence-electron chi connectivity index (χ1n) is 15.9. The maximum atomic E-state index is 14.1. The Hall–Kier alpha value is -2.71. The smallest absolute Gasteiger partial charge is 0.248 e. The molecule has 1 saturated carbocycles. The van der Waals surface area contributed by atoms with E-state index in [2.05, 4.69) is 25.8 Å². The van der Waals surface area contributed by atoms with Gasteiger partial charge in [0.25, 0.3) is 0 Å². The van der Waals surface area contributed by atoms with E-state index in [0.29, 0.717) is 51.7 Å². The maximum absolute atomic E-state index is 14.1. The van der Waals surface area contributed by atoms with Crippen molar-refractivity contribution in [2.24, 2.45) is 0 Å². The van der Waals surface area contributed by atoms with Gasteiger partial charge in [0.15, 0.2) is 0 Å². The fourth-order valence-electron chi connectivity index (χ4n) is 6.94. The van der Waals surface area contributed by atoms with Crippen LogP contribution >= 0.6 is 0 Å². The second kappa shape index (κ2) is 13.3. The molecule has 1 aliphatic carbocycles. The summed E-state index contributed by atoms with van der Waals surface area (Å²) in [5.41, 5.74) is -0.276. The van der Waals surface area contributed by atoms with Gasteiger partial charge in [0.05, 0.1) is 43.5 Å². The summed E-state index contributed by atoms with van der Waals surface area (Å²) in [4.78, 5) is 44.6. The maximum Gasteiger partial charge on any atom is 0.248 e. The molecule has 0 unspecified atom stereocenters. The Morgan fingerprint density at radius 1 is 0.955 bits per heavy atom. The van der Waals surface area contributed by atoms with Crippen LogP contribution in [0.25, 0.3) is 0 Å². The summed E-state index contributed by atoms with van der Waals surface area (Å²) in [5.74, 6) is -3.43. The van der Waals surface area contributed by atoms with Gasteiger partial charge in [-0.05, 0) is 32.1 Å². The number of rotatable bonds is 2. The van der Waals surface area contributed by atoms with Crippen LogP contribution in [-0.4, -0.2) is 119 Å². The van der Waals surface area contributed by atoms with Gasteiger partial charge in [0, 0.05) is 56.7 Å². The lowest BCUT2D eigenvalue weighted by Gasteiger charge is -2.46. The van der Waals surface area contributed by atoms with Crippen molar-refractivity contribution in [1.29, 1.82) is 0 Å². The Morgan fingerprint density at radius 2 is 1.66 bits per heavy atom. The first kappa shape index (κ1) is 32.7. The summed E-state index contributed by atoms with van der Waals surface area (Å²) in [6.07, 6.45) is 4.04. The second-order valence-corrected chi connectivity index (χ2v) is 13.8. The van der Waals surface area contributed by atoms with E-state index in [1.807, 2.05) is 27.0 Å². The van der Waals surface area contributed by atoms with E-state index in [9.17, 15) is 23.2 Å². The summed E-state index contributed by atoms with van der Waals surface area (Å²) < 4.78 is 40.4. The average Bonchev–Trinajstić information content (AvgIpc) is 3.62. The van der Waals surface area contributed by atoms with Crippen molar-refractivity contribution in [2.45, 2.75) is 107 Å². The number of ether oxygens (including phenoxy) is 2. The molecular formula is C30H47F2N7O5. The number of hydrogen-bond acceptors (Lipinski definition) is 8. The molecule has 44 heavy (non-hydrogen) atoms. The normalized spacial score (nSPS) is 28.5. The molecule has 1 spiro atoms. The number of nitrogens with one attached hydrogen (secondary N) is 2. The van der Waals surface area contributed by atoms with Gasteiger partial charge < -0.3 is 29.9 Å². The van der Waals surface area contributed by atoms with Crippen LogP contribution in [0.3, 0.4) is 0 Å². The number of carbonyl (C=O) groups excluding carboxylic acids is 3. The predicted octanol–water partition coefficient (Wildman–Crippen LogP) is 1.80. The number of alkyl halides is 2. The number of fused-ring (bicyclic) bond motifs is 1. The van der Waals surface area contributed by atoms with Crippen LogP contribution in [0.1, 0.15) is 83.9 Å². The van der Waals surface area contributed by atoms with Crippen LogP contribution in [0.2, 0.25) is 0 Å². The number of carbonyl (C=O) groups is 3. The van der Waals surface area contributed by atoms with Gasteiger partial charge in [-0.15, -0.1) is 5.10 Å². The molecule has 4 heterocycles. The standard InChI is InChI=1S/C30H47F2N7O5/c1-28(2,3)23-19-39(36-35-23)22-6-12-38-25(41)18-29(9-13-37(14-10-29)21-4-7-30(31,32)8-5-21)34-24(40)20-44-17-16-43-15-11-33-27(42)26(22)38/h19,21-22,26H,4-18,20H2,1-3H3,(H,33,42)(H,34,40)/t22-,26+/m1/s1. The molecule has 3 amide bonds. The highest BCUT2D eigenvalue weighted by molar-refractivity contribution is 5.89. The molecule has 246 valence electrons. The van der Waals surface area contributed by atoms with Crippen molar-refractivity contribution >= 4 is 17.7 Å².